The Morgan fingerprint density at radius 3 is 2.59 bits per heavy atom. The molecule has 0 bridgehead atoms. The average Bonchev–Trinajstić information content (AvgIpc) is 3.34. The van der Waals surface area contributed by atoms with Gasteiger partial charge < -0.3 is 10.5 Å². The molecule has 0 saturated carbocycles. The second-order valence-corrected chi connectivity index (χ2v) is 8.47. The van der Waals surface area contributed by atoms with Gasteiger partial charge in [-0.05, 0) is 42.2 Å². The van der Waals surface area contributed by atoms with E-state index in [1.165, 1.54) is 15.5 Å². The Morgan fingerprint density at radius 2 is 1.91 bits per heavy atom. The number of hydrogen-bond acceptors (Lipinski definition) is 5. The summed E-state index contributed by atoms with van der Waals surface area (Å²) in [7, 11) is 0. The fourth-order valence-electron chi connectivity index (χ4n) is 3.88. The Hall–Kier alpha value is -3.62. The Kier molecular flexibility index (Phi) is 7.30. The first-order chi connectivity index (χ1) is 16.4. The van der Waals surface area contributed by atoms with Gasteiger partial charge in [0.2, 0.25) is 0 Å². The quantitative estimate of drug-likeness (QED) is 0.505. The molecule has 176 valence electrons. The highest BCUT2D eigenvalue weighted by Gasteiger charge is 2.27. The number of aromatic amines is 1. The van der Waals surface area contributed by atoms with Crippen molar-refractivity contribution in [1.29, 1.82) is 0 Å². The van der Waals surface area contributed by atoms with Gasteiger partial charge in [-0.1, -0.05) is 54.1 Å². The van der Waals surface area contributed by atoms with Gasteiger partial charge in [-0.25, -0.2) is 4.79 Å². The SMILES string of the molecule is Nc1c(N(CC2CCCO2)C(=O)C=Cc2ccc(Cl)cc2)c(=O)[nH]c(=O)n1Cc1ccccc1. The number of amides is 1. The van der Waals surface area contributed by atoms with E-state index in [4.69, 9.17) is 22.1 Å². The summed E-state index contributed by atoms with van der Waals surface area (Å²) >= 11 is 5.93. The summed E-state index contributed by atoms with van der Waals surface area (Å²) in [5.41, 5.74) is 6.50. The summed E-state index contributed by atoms with van der Waals surface area (Å²) < 4.78 is 6.96. The van der Waals surface area contributed by atoms with Crippen LogP contribution < -0.4 is 21.9 Å². The predicted octanol–water partition coefficient (Wildman–Crippen LogP) is 3.05. The molecule has 1 saturated heterocycles. The minimum absolute atomic E-state index is 0.0724. The molecule has 2 aromatic carbocycles. The van der Waals surface area contributed by atoms with Crippen LogP contribution in [0.25, 0.3) is 6.08 Å². The molecule has 8 nitrogen and oxygen atoms in total. The van der Waals surface area contributed by atoms with Gasteiger partial charge in [0, 0.05) is 17.7 Å². The van der Waals surface area contributed by atoms with Crippen LogP contribution in [-0.2, 0) is 16.1 Å². The Morgan fingerprint density at radius 1 is 1.18 bits per heavy atom. The number of benzene rings is 2. The Bertz CT molecular complexity index is 1290. The molecule has 0 aliphatic carbocycles. The van der Waals surface area contributed by atoms with Crippen molar-refractivity contribution in [3.8, 4) is 0 Å². The van der Waals surface area contributed by atoms with Gasteiger partial charge in [-0.2, -0.15) is 0 Å². The van der Waals surface area contributed by atoms with E-state index < -0.39 is 17.2 Å². The number of nitrogen functional groups attached to an aromatic ring is 1. The molecule has 1 aromatic heterocycles. The van der Waals surface area contributed by atoms with Gasteiger partial charge in [0.05, 0.1) is 19.2 Å². The second kappa shape index (κ2) is 10.5. The first-order valence-electron chi connectivity index (χ1n) is 11.0. The van der Waals surface area contributed by atoms with Gasteiger partial charge in [0.15, 0.2) is 5.69 Å². The van der Waals surface area contributed by atoms with Crippen molar-refractivity contribution < 1.29 is 9.53 Å². The number of nitrogens with one attached hydrogen (secondary N) is 1. The molecular weight excluding hydrogens is 456 g/mol. The standard InChI is InChI=1S/C25H25ClN4O4/c26-19-11-8-17(9-12-19)10-13-21(31)29(16-20-7-4-14-34-20)22-23(27)30(25(33)28-24(22)32)15-18-5-2-1-3-6-18/h1-3,5-6,8-13,20H,4,7,14-16,27H2,(H,28,32,33). The lowest BCUT2D eigenvalue weighted by Crippen LogP contribution is -2.43. The van der Waals surface area contributed by atoms with Gasteiger partial charge in [-0.15, -0.1) is 0 Å². The number of anilines is 2. The molecule has 34 heavy (non-hydrogen) atoms. The van der Waals surface area contributed by atoms with E-state index in [9.17, 15) is 14.4 Å². The maximum Gasteiger partial charge on any atom is 0.330 e. The van der Waals surface area contributed by atoms with Crippen molar-refractivity contribution >= 4 is 35.1 Å². The van der Waals surface area contributed by atoms with Gasteiger partial charge in [0.1, 0.15) is 5.82 Å². The number of hydrogen-bond donors (Lipinski definition) is 2. The first-order valence-corrected chi connectivity index (χ1v) is 11.3. The Labute approximate surface area is 201 Å². The van der Waals surface area contributed by atoms with E-state index in [2.05, 4.69) is 4.98 Å². The lowest BCUT2D eigenvalue weighted by atomic mass is 10.2. The minimum atomic E-state index is -0.724. The highest BCUT2D eigenvalue weighted by Crippen LogP contribution is 2.22. The molecule has 1 amide bonds. The maximum absolute atomic E-state index is 13.3. The molecule has 1 aliphatic rings. The Balaban J connectivity index is 1.72. The maximum atomic E-state index is 13.3. The van der Waals surface area contributed by atoms with Crippen LogP contribution in [-0.4, -0.2) is 34.7 Å². The lowest BCUT2D eigenvalue weighted by Gasteiger charge is -2.25. The fraction of sp³-hybridized carbons (Fsp3) is 0.240. The lowest BCUT2D eigenvalue weighted by molar-refractivity contribution is -0.114. The predicted molar refractivity (Wildman–Crippen MR) is 133 cm³/mol. The number of carbonyl (C=O) groups is 1. The van der Waals surface area contributed by atoms with Crippen molar-refractivity contribution in [3.63, 3.8) is 0 Å². The summed E-state index contributed by atoms with van der Waals surface area (Å²) in [6, 6.07) is 16.2. The van der Waals surface area contributed by atoms with E-state index in [0.29, 0.717) is 11.6 Å². The van der Waals surface area contributed by atoms with Crippen LogP contribution in [0.4, 0.5) is 11.5 Å². The highest BCUT2D eigenvalue weighted by atomic mass is 35.5. The number of H-pyrrole nitrogens is 1. The average molecular weight is 481 g/mol. The van der Waals surface area contributed by atoms with Gasteiger partial charge in [-0.3, -0.25) is 24.0 Å². The summed E-state index contributed by atoms with van der Waals surface area (Å²) in [4.78, 5) is 42.3. The molecule has 3 aromatic rings. The first kappa shape index (κ1) is 23.5. The van der Waals surface area contributed by atoms with E-state index in [1.54, 1.807) is 30.3 Å². The van der Waals surface area contributed by atoms with Crippen molar-refractivity contribution in [2.45, 2.75) is 25.5 Å². The smallest absolute Gasteiger partial charge is 0.330 e. The topological polar surface area (TPSA) is 110 Å². The third-order valence-electron chi connectivity index (χ3n) is 5.63. The van der Waals surface area contributed by atoms with Crippen LogP contribution in [0.1, 0.15) is 24.0 Å². The van der Waals surface area contributed by atoms with Crippen molar-refractivity contribution in [1.82, 2.24) is 9.55 Å². The number of aromatic nitrogens is 2. The van der Waals surface area contributed by atoms with E-state index in [-0.39, 0.29) is 30.7 Å². The number of ether oxygens (including phenoxy) is 1. The molecule has 0 spiro atoms. The summed E-state index contributed by atoms with van der Waals surface area (Å²) in [5.74, 6) is -0.531. The molecule has 1 unspecified atom stereocenters. The highest BCUT2D eigenvalue weighted by molar-refractivity contribution is 6.30. The van der Waals surface area contributed by atoms with Crippen LogP contribution in [0.2, 0.25) is 5.02 Å². The van der Waals surface area contributed by atoms with Crippen molar-refractivity contribution in [3.05, 3.63) is 97.7 Å². The zero-order chi connectivity index (χ0) is 24.1. The van der Waals surface area contributed by atoms with Crippen molar-refractivity contribution in [2.24, 2.45) is 0 Å². The minimum Gasteiger partial charge on any atom is -0.383 e. The monoisotopic (exact) mass is 480 g/mol. The molecule has 1 fully saturated rings. The molecule has 4 rings (SSSR count). The summed E-state index contributed by atoms with van der Waals surface area (Å²) in [5, 5.41) is 0.587. The molecule has 1 atom stereocenters. The fourth-order valence-corrected chi connectivity index (χ4v) is 4.00. The normalized spacial score (nSPS) is 15.6. The molecule has 0 radical (unpaired) electrons. The summed E-state index contributed by atoms with van der Waals surface area (Å²) in [6.07, 6.45) is 4.38. The van der Waals surface area contributed by atoms with Crippen LogP contribution in [0.15, 0.2) is 70.3 Å². The number of halogens is 1. The molecule has 1 aliphatic heterocycles. The van der Waals surface area contributed by atoms with Crippen molar-refractivity contribution in [2.75, 3.05) is 23.8 Å². The van der Waals surface area contributed by atoms with E-state index in [0.717, 1.165) is 24.0 Å². The molecule has 2 heterocycles. The number of nitrogens with zero attached hydrogens (tertiary/aromatic N) is 2. The molecular formula is C25H25ClN4O4. The summed E-state index contributed by atoms with van der Waals surface area (Å²) in [6.45, 7) is 0.880. The van der Waals surface area contributed by atoms with Crippen LogP contribution >= 0.6 is 11.6 Å². The second-order valence-electron chi connectivity index (χ2n) is 8.03. The van der Waals surface area contributed by atoms with Crippen LogP contribution in [0.5, 0.6) is 0 Å². The molecule has 9 heteroatoms. The number of carbonyl (C=O) groups excluding carboxylic acids is 1. The van der Waals surface area contributed by atoms with Crippen LogP contribution in [0.3, 0.4) is 0 Å². The van der Waals surface area contributed by atoms with Gasteiger partial charge >= 0.3 is 5.69 Å². The third-order valence-corrected chi connectivity index (χ3v) is 5.88. The largest absolute Gasteiger partial charge is 0.383 e. The van der Waals surface area contributed by atoms with E-state index >= 15 is 0 Å². The number of nitrogens with two attached hydrogens (primary N) is 1. The van der Waals surface area contributed by atoms with Crippen LogP contribution in [0, 0.1) is 0 Å². The zero-order valence-corrected chi connectivity index (χ0v) is 19.2. The zero-order valence-electron chi connectivity index (χ0n) is 18.4. The van der Waals surface area contributed by atoms with E-state index in [1.807, 2.05) is 30.3 Å². The van der Waals surface area contributed by atoms with Gasteiger partial charge in [0.25, 0.3) is 11.5 Å². The number of rotatable bonds is 7. The third kappa shape index (κ3) is 5.47. The molecule has 3 N–H and O–H groups in total.